The minimum Gasteiger partial charge on any atom is -0.368 e. The number of amides is 2. The lowest BCUT2D eigenvalue weighted by Gasteiger charge is -2.11. The number of carbonyl (C=O) groups excluding carboxylic acids is 1. The molecule has 2 amide bonds. The monoisotopic (exact) mass is 495 g/mol. The van der Waals surface area contributed by atoms with Gasteiger partial charge in [-0.15, -0.1) is 11.3 Å². The molecule has 0 fully saturated rings. The van der Waals surface area contributed by atoms with Crippen LogP contribution in [0.2, 0.25) is 0 Å². The van der Waals surface area contributed by atoms with Crippen LogP contribution in [-0.2, 0) is 6.18 Å². The molecule has 0 spiro atoms. The maximum Gasteiger partial charge on any atom is 0.416 e. The van der Waals surface area contributed by atoms with Crippen LogP contribution in [-0.4, -0.2) is 25.6 Å². The Hall–Kier alpha value is -4.45. The van der Waals surface area contributed by atoms with Gasteiger partial charge in [-0.25, -0.2) is 19.3 Å². The van der Waals surface area contributed by atoms with Crippen LogP contribution in [0.1, 0.15) is 5.56 Å². The van der Waals surface area contributed by atoms with E-state index in [0.717, 1.165) is 28.1 Å². The van der Waals surface area contributed by atoms with Gasteiger partial charge in [0.15, 0.2) is 0 Å². The standard InChI is InChI=1S/C23H16F3N7OS/c24-23(25,26)14-4-6-15(7-5-14)29-22(34)30-16-3-1-2-13(12-16)19-18(17-8-9-28-21(27)31-17)20-33(32-19)10-11-35-20/h1-12H,(H2,27,28,31)(H2,29,30,34). The first-order valence-electron chi connectivity index (χ1n) is 10.2. The fraction of sp³-hybridized carbons (Fsp3) is 0.0435. The number of thiazole rings is 1. The molecule has 35 heavy (non-hydrogen) atoms. The molecule has 0 aliphatic carbocycles. The van der Waals surface area contributed by atoms with Gasteiger partial charge in [-0.1, -0.05) is 12.1 Å². The number of urea groups is 1. The molecular weight excluding hydrogens is 479 g/mol. The number of benzene rings is 2. The highest BCUT2D eigenvalue weighted by atomic mass is 32.1. The number of rotatable bonds is 4. The number of nitrogens with one attached hydrogen (secondary N) is 2. The summed E-state index contributed by atoms with van der Waals surface area (Å²) >= 11 is 1.50. The highest BCUT2D eigenvalue weighted by Crippen LogP contribution is 2.37. The zero-order valence-corrected chi connectivity index (χ0v) is 18.6. The topological polar surface area (TPSA) is 110 Å². The van der Waals surface area contributed by atoms with Gasteiger partial charge in [0.1, 0.15) is 10.5 Å². The maximum atomic E-state index is 12.7. The summed E-state index contributed by atoms with van der Waals surface area (Å²) in [4.78, 5) is 21.6. The van der Waals surface area contributed by atoms with Crippen molar-refractivity contribution in [1.29, 1.82) is 0 Å². The summed E-state index contributed by atoms with van der Waals surface area (Å²) in [6.07, 6.45) is -1.04. The summed E-state index contributed by atoms with van der Waals surface area (Å²) in [6.45, 7) is 0. The molecule has 0 saturated carbocycles. The van der Waals surface area contributed by atoms with E-state index in [0.29, 0.717) is 17.1 Å². The first-order valence-corrected chi connectivity index (χ1v) is 11.1. The summed E-state index contributed by atoms with van der Waals surface area (Å²) in [7, 11) is 0. The lowest BCUT2D eigenvalue weighted by Crippen LogP contribution is -2.19. The molecule has 2 aromatic carbocycles. The van der Waals surface area contributed by atoms with Crippen molar-refractivity contribution < 1.29 is 18.0 Å². The van der Waals surface area contributed by atoms with Gasteiger partial charge in [-0.05, 0) is 42.5 Å². The minimum absolute atomic E-state index is 0.139. The van der Waals surface area contributed by atoms with E-state index in [9.17, 15) is 18.0 Å². The molecule has 3 heterocycles. The van der Waals surface area contributed by atoms with Gasteiger partial charge >= 0.3 is 12.2 Å². The van der Waals surface area contributed by atoms with Gasteiger partial charge in [0.2, 0.25) is 5.95 Å². The number of halogens is 3. The molecule has 5 rings (SSSR count). The minimum atomic E-state index is -4.45. The van der Waals surface area contributed by atoms with Crippen molar-refractivity contribution in [3.05, 3.63) is 77.9 Å². The van der Waals surface area contributed by atoms with Crippen LogP contribution in [0.4, 0.5) is 35.3 Å². The molecule has 176 valence electrons. The van der Waals surface area contributed by atoms with Crippen molar-refractivity contribution in [2.75, 3.05) is 16.4 Å². The third kappa shape index (κ3) is 4.64. The van der Waals surface area contributed by atoms with Gasteiger partial charge < -0.3 is 16.4 Å². The summed E-state index contributed by atoms with van der Waals surface area (Å²) < 4.78 is 39.9. The number of nitrogens with zero attached hydrogens (tertiary/aromatic N) is 4. The Bertz CT molecular complexity index is 1530. The average Bonchev–Trinajstić information content (AvgIpc) is 3.40. The lowest BCUT2D eigenvalue weighted by molar-refractivity contribution is -0.137. The second-order valence-electron chi connectivity index (χ2n) is 7.41. The fourth-order valence-corrected chi connectivity index (χ4v) is 4.35. The van der Waals surface area contributed by atoms with Crippen LogP contribution in [0.15, 0.2) is 72.4 Å². The number of fused-ring (bicyclic) bond motifs is 1. The maximum absolute atomic E-state index is 12.7. The summed E-state index contributed by atoms with van der Waals surface area (Å²) in [6, 6.07) is 12.4. The Labute approximate surface area is 200 Å². The number of anilines is 3. The predicted octanol–water partition coefficient (Wildman–Crippen LogP) is 5.76. The number of hydrogen-bond acceptors (Lipinski definition) is 6. The SMILES string of the molecule is Nc1nccc(-c2c(-c3cccc(NC(=O)Nc4ccc(C(F)(F)F)cc4)c3)nn3ccsc23)n1. The first kappa shape index (κ1) is 22.3. The Kier molecular flexibility index (Phi) is 5.57. The normalized spacial score (nSPS) is 11.5. The van der Waals surface area contributed by atoms with Gasteiger partial charge in [-0.3, -0.25) is 0 Å². The lowest BCUT2D eigenvalue weighted by atomic mass is 10.1. The Morgan fingerprint density at radius 2 is 1.80 bits per heavy atom. The molecule has 0 aliphatic rings. The number of aromatic nitrogens is 4. The Morgan fingerprint density at radius 1 is 1.03 bits per heavy atom. The fourth-order valence-electron chi connectivity index (χ4n) is 3.51. The summed E-state index contributed by atoms with van der Waals surface area (Å²) in [5, 5.41) is 11.8. The quantitative estimate of drug-likeness (QED) is 0.293. The molecule has 12 heteroatoms. The van der Waals surface area contributed by atoms with Crippen LogP contribution in [0.5, 0.6) is 0 Å². The van der Waals surface area contributed by atoms with Crippen LogP contribution in [0, 0.1) is 0 Å². The van der Waals surface area contributed by atoms with E-state index in [-0.39, 0.29) is 11.6 Å². The van der Waals surface area contributed by atoms with Crippen LogP contribution >= 0.6 is 11.3 Å². The number of carbonyl (C=O) groups is 1. The molecule has 0 unspecified atom stereocenters. The Balaban J connectivity index is 1.40. The molecule has 5 aromatic rings. The van der Waals surface area contributed by atoms with E-state index in [1.807, 2.05) is 17.6 Å². The van der Waals surface area contributed by atoms with E-state index in [4.69, 9.17) is 5.73 Å². The number of nitrogen functional groups attached to an aromatic ring is 1. The van der Waals surface area contributed by atoms with Crippen LogP contribution in [0.3, 0.4) is 0 Å². The van der Waals surface area contributed by atoms with Crippen molar-refractivity contribution in [3.8, 4) is 22.5 Å². The number of hydrogen-bond donors (Lipinski definition) is 3. The zero-order valence-electron chi connectivity index (χ0n) is 17.7. The van der Waals surface area contributed by atoms with Crippen LogP contribution in [0.25, 0.3) is 27.3 Å². The highest BCUT2D eigenvalue weighted by molar-refractivity contribution is 7.16. The van der Waals surface area contributed by atoms with E-state index in [1.54, 1.807) is 35.0 Å². The highest BCUT2D eigenvalue weighted by Gasteiger charge is 2.30. The van der Waals surface area contributed by atoms with Crippen molar-refractivity contribution in [3.63, 3.8) is 0 Å². The van der Waals surface area contributed by atoms with Crippen molar-refractivity contribution in [2.45, 2.75) is 6.18 Å². The molecule has 0 saturated heterocycles. The molecule has 0 bridgehead atoms. The third-order valence-electron chi connectivity index (χ3n) is 5.04. The van der Waals surface area contributed by atoms with Gasteiger partial charge in [0, 0.05) is 34.7 Å². The van der Waals surface area contributed by atoms with Gasteiger partial charge in [0.05, 0.1) is 16.8 Å². The first-order chi connectivity index (χ1) is 16.8. The third-order valence-corrected chi connectivity index (χ3v) is 5.91. The van der Waals surface area contributed by atoms with Crippen LogP contribution < -0.4 is 16.4 Å². The Morgan fingerprint density at radius 3 is 2.54 bits per heavy atom. The van der Waals surface area contributed by atoms with E-state index in [1.165, 1.54) is 23.5 Å². The molecule has 0 aliphatic heterocycles. The molecule has 3 aromatic heterocycles. The second kappa shape index (κ2) is 8.72. The summed E-state index contributed by atoms with van der Waals surface area (Å²) in [5.74, 6) is 0.139. The molecular formula is C23H16F3N7OS. The zero-order chi connectivity index (χ0) is 24.6. The van der Waals surface area contributed by atoms with Crippen molar-refractivity contribution in [2.24, 2.45) is 0 Å². The van der Waals surface area contributed by atoms with Crippen molar-refractivity contribution in [1.82, 2.24) is 19.6 Å². The van der Waals surface area contributed by atoms with Gasteiger partial charge in [-0.2, -0.15) is 18.3 Å². The molecule has 4 N–H and O–H groups in total. The average molecular weight is 495 g/mol. The van der Waals surface area contributed by atoms with Crippen molar-refractivity contribution >= 4 is 39.5 Å². The smallest absolute Gasteiger partial charge is 0.368 e. The van der Waals surface area contributed by atoms with E-state index < -0.39 is 17.8 Å². The second-order valence-corrected chi connectivity index (χ2v) is 8.31. The molecule has 0 atom stereocenters. The van der Waals surface area contributed by atoms with Gasteiger partial charge in [0.25, 0.3) is 0 Å². The largest absolute Gasteiger partial charge is 0.416 e. The molecule has 8 nitrogen and oxygen atoms in total. The number of alkyl halides is 3. The summed E-state index contributed by atoms with van der Waals surface area (Å²) in [5.41, 5.74) is 8.45. The van der Waals surface area contributed by atoms with E-state index >= 15 is 0 Å². The van der Waals surface area contributed by atoms with E-state index in [2.05, 4.69) is 25.7 Å². The molecule has 0 radical (unpaired) electrons. The number of nitrogens with two attached hydrogens (primary N) is 1. The predicted molar refractivity (Wildman–Crippen MR) is 128 cm³/mol.